The monoisotopic (exact) mass is 1230 g/mol. The number of para-hydroxylation sites is 7. The highest BCUT2D eigenvalue weighted by atomic mass is 16.3. The van der Waals surface area contributed by atoms with Gasteiger partial charge in [0.15, 0.2) is 0 Å². The maximum atomic E-state index is 6.48. The first-order chi connectivity index (χ1) is 48.1. The summed E-state index contributed by atoms with van der Waals surface area (Å²) < 4.78 is 16.1. The molecule has 97 heavy (non-hydrogen) atoms. The Hall–Kier alpha value is -13.0. The van der Waals surface area contributed by atoms with Crippen LogP contribution in [0.15, 0.2) is 356 Å². The van der Waals surface area contributed by atoms with Crippen molar-refractivity contribution in [1.29, 1.82) is 0 Å². The van der Waals surface area contributed by atoms with Crippen LogP contribution >= 0.6 is 0 Å². The second kappa shape index (κ2) is 21.8. The molecule has 0 spiro atoms. The lowest BCUT2D eigenvalue weighted by Crippen LogP contribution is -1.96. The van der Waals surface area contributed by atoms with Crippen LogP contribution in [-0.2, 0) is 0 Å². The van der Waals surface area contributed by atoms with E-state index >= 15 is 0 Å². The largest absolute Gasteiger partial charge is 0.456 e. The SMILES string of the molecule is c1ccc(-c2ccc(-n3c4ccccc4c4cc(-c5ccc6c(c5)c5ccccc5n6-c5ccccc5)ccc43)c3ccccc23)cc1.c1ccc(-n2c3ccccc3c3cc(-c4ccc5c(c4)c4ccccc4n5-c4cc5oc6ccccc6c5c5ccccc45)ccc32)cc1. The van der Waals surface area contributed by atoms with Crippen molar-refractivity contribution in [2.24, 2.45) is 0 Å². The Balaban J connectivity index is 0.000000132. The highest BCUT2D eigenvalue weighted by molar-refractivity contribution is 6.22. The third-order valence-electron chi connectivity index (χ3n) is 20.2. The molecule has 0 atom stereocenters. The molecule has 0 unspecified atom stereocenters. The Morgan fingerprint density at radius 3 is 0.969 bits per heavy atom. The molecule has 5 heteroatoms. The van der Waals surface area contributed by atoms with Gasteiger partial charge < -0.3 is 22.7 Å². The molecule has 0 bridgehead atoms. The van der Waals surface area contributed by atoms with Gasteiger partial charge in [-0.15, -0.1) is 0 Å². The standard InChI is InChI=1S/C46H28N2O.C46H30N2/c1-2-12-31(13-3-1)47-39-19-9-6-15-33(39)37-26-29(22-24-41(37)47)30-23-25-42-38(27-30)34-16-7-10-20-40(34)48(42)43-28-45-46(35-17-5-4-14-32(35)43)36-18-8-11-21-44(36)49-45;1-3-13-31(14-4-1)35-25-28-44(37-18-8-7-17-36(35)37)48-43-22-12-10-20-39(43)41-30-33(24-27-46(41)48)32-23-26-45-40(29-32)38-19-9-11-21-42(38)47(45)34-15-5-2-6-16-34/h1-28H;1-30H. The second-order valence-electron chi connectivity index (χ2n) is 25.5. The van der Waals surface area contributed by atoms with Gasteiger partial charge >= 0.3 is 0 Å². The topological polar surface area (TPSA) is 32.9 Å². The van der Waals surface area contributed by atoms with Crippen molar-refractivity contribution in [3.05, 3.63) is 352 Å². The summed E-state index contributed by atoms with van der Waals surface area (Å²) in [6.07, 6.45) is 0. The highest BCUT2D eigenvalue weighted by Crippen LogP contribution is 2.45. The van der Waals surface area contributed by atoms with Crippen LogP contribution in [0.3, 0.4) is 0 Å². The lowest BCUT2D eigenvalue weighted by Gasteiger charge is -2.15. The van der Waals surface area contributed by atoms with E-state index in [9.17, 15) is 0 Å². The number of nitrogens with zero attached hydrogens (tertiary/aromatic N) is 4. The van der Waals surface area contributed by atoms with E-state index in [2.05, 4.69) is 364 Å². The lowest BCUT2D eigenvalue weighted by atomic mass is 9.97. The summed E-state index contributed by atoms with van der Waals surface area (Å²) in [4.78, 5) is 0. The van der Waals surface area contributed by atoms with E-state index in [1.807, 2.05) is 6.07 Å². The minimum Gasteiger partial charge on any atom is -0.456 e. The quantitative estimate of drug-likeness (QED) is 0.157. The smallest absolute Gasteiger partial charge is 0.138 e. The van der Waals surface area contributed by atoms with Gasteiger partial charge in [-0.3, -0.25) is 0 Å². The molecular formula is C92H58N4O. The van der Waals surface area contributed by atoms with Crippen LogP contribution in [0, 0.1) is 0 Å². The number of rotatable bonds is 7. The zero-order valence-electron chi connectivity index (χ0n) is 52.7. The fourth-order valence-corrected chi connectivity index (χ4v) is 15.9. The molecule has 0 saturated heterocycles. The molecule has 16 aromatic carbocycles. The van der Waals surface area contributed by atoms with Crippen molar-refractivity contribution in [1.82, 2.24) is 18.3 Å². The number of hydrogen-bond acceptors (Lipinski definition) is 1. The van der Waals surface area contributed by atoms with Crippen LogP contribution in [0.1, 0.15) is 0 Å². The molecule has 0 amide bonds. The van der Waals surface area contributed by atoms with E-state index in [-0.39, 0.29) is 0 Å². The minimum atomic E-state index is 0.903. The van der Waals surface area contributed by atoms with Gasteiger partial charge in [0.1, 0.15) is 11.2 Å². The third kappa shape index (κ3) is 8.52. The zero-order valence-corrected chi connectivity index (χ0v) is 52.7. The summed E-state index contributed by atoms with van der Waals surface area (Å²) in [5, 5.41) is 17.2. The molecule has 0 aliphatic carbocycles. The Morgan fingerprint density at radius 1 is 0.175 bits per heavy atom. The van der Waals surface area contributed by atoms with Crippen molar-refractivity contribution in [2.45, 2.75) is 0 Å². The summed E-state index contributed by atoms with van der Waals surface area (Å²) in [7, 11) is 0. The molecule has 0 aliphatic heterocycles. The zero-order chi connectivity index (χ0) is 63.7. The van der Waals surface area contributed by atoms with E-state index in [1.54, 1.807) is 0 Å². The summed E-state index contributed by atoms with van der Waals surface area (Å²) in [6, 6.07) is 127. The van der Waals surface area contributed by atoms with Crippen molar-refractivity contribution < 1.29 is 4.42 Å². The summed E-state index contributed by atoms with van der Waals surface area (Å²) in [5.74, 6) is 0. The van der Waals surface area contributed by atoms with Gasteiger partial charge in [0.2, 0.25) is 0 Å². The van der Waals surface area contributed by atoms with Gasteiger partial charge in [-0.2, -0.15) is 0 Å². The molecule has 0 fully saturated rings. The predicted octanol–water partition coefficient (Wildman–Crippen LogP) is 25.0. The molecule has 0 aliphatic rings. The van der Waals surface area contributed by atoms with Crippen LogP contribution in [-0.4, -0.2) is 18.3 Å². The molecule has 5 heterocycles. The molecule has 0 N–H and O–H groups in total. The average molecular weight is 1240 g/mol. The lowest BCUT2D eigenvalue weighted by molar-refractivity contribution is 0.669. The third-order valence-corrected chi connectivity index (χ3v) is 20.2. The van der Waals surface area contributed by atoms with Crippen molar-refractivity contribution in [2.75, 3.05) is 0 Å². The number of benzene rings is 16. The van der Waals surface area contributed by atoms with Gasteiger partial charge in [-0.25, -0.2) is 0 Å². The van der Waals surface area contributed by atoms with Crippen LogP contribution in [0.5, 0.6) is 0 Å². The normalized spacial score (nSPS) is 11.9. The first kappa shape index (κ1) is 54.6. The Morgan fingerprint density at radius 2 is 0.505 bits per heavy atom. The number of hydrogen-bond donors (Lipinski definition) is 0. The van der Waals surface area contributed by atoms with E-state index in [0.717, 1.165) is 22.2 Å². The Bertz CT molecular complexity index is 6740. The molecule has 0 radical (unpaired) electrons. The minimum absolute atomic E-state index is 0.903. The van der Waals surface area contributed by atoms with Crippen LogP contribution < -0.4 is 0 Å². The first-order valence-electron chi connectivity index (χ1n) is 33.3. The second-order valence-corrected chi connectivity index (χ2v) is 25.5. The van der Waals surface area contributed by atoms with Gasteiger partial charge in [-0.1, -0.05) is 237 Å². The van der Waals surface area contributed by atoms with Gasteiger partial charge in [0.25, 0.3) is 0 Å². The summed E-state index contributed by atoms with van der Waals surface area (Å²) in [5.41, 5.74) is 23.4. The van der Waals surface area contributed by atoms with Gasteiger partial charge in [0.05, 0.1) is 55.5 Å². The molecule has 5 aromatic heterocycles. The fraction of sp³-hybridized carbons (Fsp3) is 0. The highest BCUT2D eigenvalue weighted by Gasteiger charge is 2.22. The maximum absolute atomic E-state index is 6.48. The fourth-order valence-electron chi connectivity index (χ4n) is 15.9. The molecule has 0 saturated carbocycles. The number of aromatic nitrogens is 4. The van der Waals surface area contributed by atoms with E-state index in [1.165, 1.54) is 165 Å². The maximum Gasteiger partial charge on any atom is 0.138 e. The molecule has 452 valence electrons. The van der Waals surface area contributed by atoms with Crippen molar-refractivity contribution in [3.63, 3.8) is 0 Å². The number of fused-ring (bicyclic) bond motifs is 18. The summed E-state index contributed by atoms with van der Waals surface area (Å²) >= 11 is 0. The first-order valence-corrected chi connectivity index (χ1v) is 33.3. The predicted molar refractivity (Wildman–Crippen MR) is 409 cm³/mol. The van der Waals surface area contributed by atoms with Gasteiger partial charge in [0, 0.05) is 82.1 Å². The van der Waals surface area contributed by atoms with E-state index in [0.29, 0.717) is 0 Å². The van der Waals surface area contributed by atoms with Gasteiger partial charge in [-0.05, 0) is 153 Å². The van der Waals surface area contributed by atoms with Crippen molar-refractivity contribution in [3.8, 4) is 56.1 Å². The number of furan rings is 1. The molecule has 21 rings (SSSR count). The molecule has 5 nitrogen and oxygen atoms in total. The summed E-state index contributed by atoms with van der Waals surface area (Å²) in [6.45, 7) is 0. The van der Waals surface area contributed by atoms with Crippen LogP contribution in [0.25, 0.3) is 187 Å². The van der Waals surface area contributed by atoms with E-state index in [4.69, 9.17) is 4.42 Å². The van der Waals surface area contributed by atoms with Crippen molar-refractivity contribution >= 4 is 131 Å². The Kier molecular flexibility index (Phi) is 12.3. The van der Waals surface area contributed by atoms with Crippen LogP contribution in [0.2, 0.25) is 0 Å². The molecular weight excluding hydrogens is 1180 g/mol. The average Bonchev–Trinajstić information content (AvgIpc) is 1.62. The molecule has 21 aromatic rings. The van der Waals surface area contributed by atoms with Crippen LogP contribution in [0.4, 0.5) is 0 Å². The Labute approximate surface area is 558 Å². The van der Waals surface area contributed by atoms with E-state index < -0.39 is 0 Å².